The van der Waals surface area contributed by atoms with Crippen LogP contribution < -0.4 is 5.32 Å². The summed E-state index contributed by atoms with van der Waals surface area (Å²) in [5.74, 6) is -0.284. The van der Waals surface area contributed by atoms with E-state index >= 15 is 0 Å². The second-order valence-electron chi connectivity index (χ2n) is 4.05. The average molecular weight is 193 g/mol. The summed E-state index contributed by atoms with van der Waals surface area (Å²) < 4.78 is 0. The van der Waals surface area contributed by atoms with Gasteiger partial charge in [0, 0.05) is 5.57 Å². The second kappa shape index (κ2) is 3.95. The molecule has 1 aliphatic carbocycles. The Bertz CT molecular complexity index is 294. The average Bonchev–Trinajstić information content (AvgIpc) is 2.43. The molecule has 0 bridgehead atoms. The Hall–Kier alpha value is -1.12. The molecule has 0 unspecified atom stereocenters. The van der Waals surface area contributed by atoms with Crippen LogP contribution in [0.4, 0.5) is 0 Å². The first-order valence-electron chi connectivity index (χ1n) is 5.32. The molecule has 3 heteroatoms. The van der Waals surface area contributed by atoms with Gasteiger partial charge in [0.15, 0.2) is 0 Å². The second-order valence-corrected chi connectivity index (χ2v) is 4.05. The number of carbonyl (C=O) groups excluding carboxylic acids is 2. The van der Waals surface area contributed by atoms with E-state index in [1.165, 1.54) is 31.3 Å². The summed E-state index contributed by atoms with van der Waals surface area (Å²) in [6.45, 7) is 0. The van der Waals surface area contributed by atoms with Crippen molar-refractivity contribution in [3.63, 3.8) is 0 Å². The van der Waals surface area contributed by atoms with Crippen molar-refractivity contribution in [1.29, 1.82) is 0 Å². The van der Waals surface area contributed by atoms with Crippen molar-refractivity contribution in [2.75, 3.05) is 0 Å². The molecule has 1 aliphatic heterocycles. The fourth-order valence-electron chi connectivity index (χ4n) is 2.23. The first-order chi connectivity index (χ1) is 6.77. The predicted molar refractivity (Wildman–Crippen MR) is 52.5 cm³/mol. The van der Waals surface area contributed by atoms with Gasteiger partial charge in [0.25, 0.3) is 5.91 Å². The Morgan fingerprint density at radius 1 is 0.929 bits per heavy atom. The van der Waals surface area contributed by atoms with Gasteiger partial charge in [-0.2, -0.15) is 0 Å². The number of allylic oxidation sites excluding steroid dienone is 1. The van der Waals surface area contributed by atoms with E-state index in [9.17, 15) is 9.59 Å². The third-order valence-corrected chi connectivity index (χ3v) is 3.00. The van der Waals surface area contributed by atoms with Crippen molar-refractivity contribution >= 4 is 11.8 Å². The highest BCUT2D eigenvalue weighted by atomic mass is 16.2. The Labute approximate surface area is 83.6 Å². The van der Waals surface area contributed by atoms with Gasteiger partial charge in [-0.05, 0) is 25.7 Å². The van der Waals surface area contributed by atoms with Crippen LogP contribution in [0.15, 0.2) is 11.1 Å². The van der Waals surface area contributed by atoms with Gasteiger partial charge in [-0.1, -0.05) is 18.4 Å². The Morgan fingerprint density at radius 3 is 2.07 bits per heavy atom. The van der Waals surface area contributed by atoms with Crippen molar-refractivity contribution in [3.8, 4) is 0 Å². The Morgan fingerprint density at radius 2 is 1.57 bits per heavy atom. The van der Waals surface area contributed by atoms with Crippen molar-refractivity contribution in [1.82, 2.24) is 5.32 Å². The van der Waals surface area contributed by atoms with Crippen molar-refractivity contribution in [2.24, 2.45) is 0 Å². The van der Waals surface area contributed by atoms with E-state index in [1.807, 2.05) is 0 Å². The Kier molecular flexibility index (Phi) is 2.66. The van der Waals surface area contributed by atoms with Gasteiger partial charge >= 0.3 is 0 Å². The molecule has 2 fully saturated rings. The van der Waals surface area contributed by atoms with Crippen LogP contribution >= 0.6 is 0 Å². The number of carbonyl (C=O) groups is 2. The minimum Gasteiger partial charge on any atom is -0.292 e. The summed E-state index contributed by atoms with van der Waals surface area (Å²) in [7, 11) is 0. The van der Waals surface area contributed by atoms with Gasteiger partial charge in [-0.3, -0.25) is 14.9 Å². The van der Waals surface area contributed by atoms with E-state index in [0.29, 0.717) is 6.42 Å². The Balaban J connectivity index is 2.19. The number of hydrogen-bond donors (Lipinski definition) is 1. The van der Waals surface area contributed by atoms with Crippen LogP contribution in [0.2, 0.25) is 0 Å². The molecular formula is C11H15NO2. The zero-order valence-corrected chi connectivity index (χ0v) is 8.27. The third kappa shape index (κ3) is 1.86. The fraction of sp³-hybridized carbons (Fsp3) is 0.636. The molecule has 2 amide bonds. The fourth-order valence-corrected chi connectivity index (χ4v) is 2.23. The minimum absolute atomic E-state index is 0.137. The molecule has 76 valence electrons. The van der Waals surface area contributed by atoms with Crippen molar-refractivity contribution in [2.45, 2.75) is 44.9 Å². The molecule has 1 N–H and O–H groups in total. The molecular weight excluding hydrogens is 178 g/mol. The topological polar surface area (TPSA) is 46.2 Å². The molecule has 0 aromatic rings. The van der Waals surface area contributed by atoms with E-state index in [1.54, 1.807) is 0 Å². The smallest absolute Gasteiger partial charge is 0.254 e. The molecule has 2 aliphatic rings. The summed E-state index contributed by atoms with van der Waals surface area (Å²) in [4.78, 5) is 22.4. The van der Waals surface area contributed by atoms with E-state index in [0.717, 1.165) is 18.4 Å². The van der Waals surface area contributed by atoms with Crippen LogP contribution in [0.1, 0.15) is 44.9 Å². The standard InChI is InChI=1S/C11H15NO2/c13-10-7-9(11(14)12-10)8-5-3-1-2-4-6-8/h1-7H2,(H,12,13,14). The first kappa shape index (κ1) is 9.44. The largest absolute Gasteiger partial charge is 0.292 e. The monoisotopic (exact) mass is 193 g/mol. The van der Waals surface area contributed by atoms with Crippen LogP contribution in [0.3, 0.4) is 0 Å². The van der Waals surface area contributed by atoms with Crippen molar-refractivity contribution < 1.29 is 9.59 Å². The number of rotatable bonds is 0. The molecule has 0 atom stereocenters. The summed E-state index contributed by atoms with van der Waals surface area (Å²) >= 11 is 0. The highest BCUT2D eigenvalue weighted by Crippen LogP contribution is 2.27. The molecule has 3 nitrogen and oxygen atoms in total. The highest BCUT2D eigenvalue weighted by Gasteiger charge is 2.26. The molecule has 0 spiro atoms. The lowest BCUT2D eigenvalue weighted by Crippen LogP contribution is -2.19. The number of nitrogens with one attached hydrogen (secondary N) is 1. The van der Waals surface area contributed by atoms with Crippen molar-refractivity contribution in [3.05, 3.63) is 11.1 Å². The zero-order valence-electron chi connectivity index (χ0n) is 8.27. The maximum atomic E-state index is 11.4. The lowest BCUT2D eigenvalue weighted by molar-refractivity contribution is -0.124. The number of hydrogen-bond acceptors (Lipinski definition) is 2. The third-order valence-electron chi connectivity index (χ3n) is 3.00. The van der Waals surface area contributed by atoms with E-state index < -0.39 is 0 Å². The maximum Gasteiger partial charge on any atom is 0.254 e. The number of imide groups is 1. The van der Waals surface area contributed by atoms with Gasteiger partial charge in [-0.15, -0.1) is 0 Å². The molecule has 0 aromatic carbocycles. The van der Waals surface area contributed by atoms with Crippen LogP contribution in [0.25, 0.3) is 0 Å². The van der Waals surface area contributed by atoms with Gasteiger partial charge in [0.2, 0.25) is 5.91 Å². The van der Waals surface area contributed by atoms with E-state index in [4.69, 9.17) is 0 Å². The van der Waals surface area contributed by atoms with Crippen LogP contribution in [0, 0.1) is 0 Å². The summed E-state index contributed by atoms with van der Waals surface area (Å²) in [6.07, 6.45) is 7.18. The lowest BCUT2D eigenvalue weighted by Gasteiger charge is -2.04. The van der Waals surface area contributed by atoms with Gasteiger partial charge in [-0.25, -0.2) is 0 Å². The van der Waals surface area contributed by atoms with Gasteiger partial charge < -0.3 is 0 Å². The van der Waals surface area contributed by atoms with Gasteiger partial charge in [0.05, 0.1) is 6.42 Å². The molecule has 2 rings (SSSR count). The summed E-state index contributed by atoms with van der Waals surface area (Å²) in [5.41, 5.74) is 1.99. The van der Waals surface area contributed by atoms with E-state index in [2.05, 4.69) is 5.32 Å². The highest BCUT2D eigenvalue weighted by molar-refractivity contribution is 6.13. The van der Waals surface area contributed by atoms with Crippen LogP contribution in [0.5, 0.6) is 0 Å². The first-order valence-corrected chi connectivity index (χ1v) is 5.32. The summed E-state index contributed by atoms with van der Waals surface area (Å²) in [5, 5.41) is 2.35. The normalized spacial score (nSPS) is 23.7. The molecule has 1 saturated carbocycles. The minimum atomic E-state index is -0.146. The predicted octanol–water partition coefficient (Wildman–Crippen LogP) is 1.68. The molecule has 0 aromatic heterocycles. The molecule has 1 saturated heterocycles. The molecule has 1 heterocycles. The van der Waals surface area contributed by atoms with Gasteiger partial charge in [0.1, 0.15) is 0 Å². The van der Waals surface area contributed by atoms with Crippen LogP contribution in [-0.2, 0) is 9.59 Å². The molecule has 14 heavy (non-hydrogen) atoms. The quantitative estimate of drug-likeness (QED) is 0.361. The van der Waals surface area contributed by atoms with Crippen LogP contribution in [-0.4, -0.2) is 11.8 Å². The SMILES string of the molecule is O=C1CC(=C2CCCCCC2)C(=O)N1. The zero-order chi connectivity index (χ0) is 9.97. The maximum absolute atomic E-state index is 11.4. The number of amides is 2. The lowest BCUT2D eigenvalue weighted by atomic mass is 10.00. The molecule has 0 radical (unpaired) electrons. The summed E-state index contributed by atoms with van der Waals surface area (Å²) in [6, 6.07) is 0. The van der Waals surface area contributed by atoms with E-state index in [-0.39, 0.29) is 11.8 Å².